The summed E-state index contributed by atoms with van der Waals surface area (Å²) in [5.41, 5.74) is 0.745. The first-order valence-electron chi connectivity index (χ1n) is 12.9. The molecule has 0 saturated heterocycles. The van der Waals surface area contributed by atoms with Gasteiger partial charge in [0.1, 0.15) is 11.7 Å². The Balaban J connectivity index is 1.48. The minimum absolute atomic E-state index is 0.0498. The van der Waals surface area contributed by atoms with Gasteiger partial charge in [0.2, 0.25) is 5.91 Å². The predicted molar refractivity (Wildman–Crippen MR) is 141 cm³/mol. The molecule has 5 atom stereocenters. The number of amidine groups is 1. The summed E-state index contributed by atoms with van der Waals surface area (Å²) in [5.74, 6) is -1.24. The monoisotopic (exact) mass is 556 g/mol. The molecule has 2 aromatic rings. The van der Waals surface area contributed by atoms with Crippen LogP contribution in [0, 0.1) is 33.7 Å². The molecule has 2 aromatic carbocycles. The molecule has 3 aliphatic rings. The van der Waals surface area contributed by atoms with Crippen LogP contribution in [0.15, 0.2) is 56.7 Å². The SMILES string of the molecule is CCOC(=O)[C@@H]1[C@@H]2CC[C@@H](C2)[C@@H]1N(Cc1ccc(F)cc1)C(=O)CC1=Nc2ccc([N+](=O)[O-])cc2S(C)(=O)=N1. The molecule has 0 radical (unpaired) electrons. The Morgan fingerprint density at radius 2 is 1.90 bits per heavy atom. The quantitative estimate of drug-likeness (QED) is 0.265. The number of fused-ring (bicyclic) bond motifs is 3. The van der Waals surface area contributed by atoms with Gasteiger partial charge in [0, 0.05) is 31.0 Å². The van der Waals surface area contributed by atoms with E-state index in [1.165, 1.54) is 36.6 Å². The highest BCUT2D eigenvalue weighted by molar-refractivity contribution is 7.93. The summed E-state index contributed by atoms with van der Waals surface area (Å²) in [4.78, 5) is 43.7. The van der Waals surface area contributed by atoms with Gasteiger partial charge in [-0.2, -0.15) is 4.36 Å². The number of hydrogen-bond donors (Lipinski definition) is 0. The molecule has 12 heteroatoms. The van der Waals surface area contributed by atoms with Crippen LogP contribution in [-0.4, -0.2) is 50.6 Å². The Hall–Kier alpha value is -3.67. The third kappa shape index (κ3) is 5.29. The van der Waals surface area contributed by atoms with Crippen LogP contribution in [0.5, 0.6) is 0 Å². The maximum absolute atomic E-state index is 13.9. The average molecular weight is 557 g/mol. The van der Waals surface area contributed by atoms with E-state index in [1.807, 2.05) is 0 Å². The minimum Gasteiger partial charge on any atom is -0.466 e. The average Bonchev–Trinajstić information content (AvgIpc) is 3.50. The molecule has 1 aliphatic heterocycles. The lowest BCUT2D eigenvalue weighted by atomic mass is 9.83. The fraction of sp³-hybridized carbons (Fsp3) is 0.444. The van der Waals surface area contributed by atoms with E-state index < -0.39 is 32.4 Å². The Kier molecular flexibility index (Phi) is 7.23. The first kappa shape index (κ1) is 26.9. The second kappa shape index (κ2) is 10.5. The van der Waals surface area contributed by atoms with Gasteiger partial charge in [-0.15, -0.1) is 0 Å². The number of halogens is 1. The molecule has 206 valence electrons. The number of aliphatic imine (C=N–C) groups is 1. The molecular formula is C27H29FN4O6S. The smallest absolute Gasteiger partial charge is 0.311 e. The Morgan fingerprint density at radius 3 is 2.59 bits per heavy atom. The molecule has 0 N–H and O–H groups in total. The van der Waals surface area contributed by atoms with Crippen molar-refractivity contribution in [2.24, 2.45) is 27.1 Å². The number of carbonyl (C=O) groups excluding carboxylic acids is 2. The topological polar surface area (TPSA) is 132 Å². The zero-order valence-corrected chi connectivity index (χ0v) is 22.4. The predicted octanol–water partition coefficient (Wildman–Crippen LogP) is 4.63. The number of ether oxygens (including phenoxy) is 1. The van der Waals surface area contributed by atoms with Crippen molar-refractivity contribution in [3.8, 4) is 0 Å². The number of non-ortho nitro benzene ring substituents is 1. The lowest BCUT2D eigenvalue weighted by molar-refractivity contribution is -0.385. The summed E-state index contributed by atoms with van der Waals surface area (Å²) >= 11 is 0. The van der Waals surface area contributed by atoms with Crippen LogP contribution in [0.4, 0.5) is 15.8 Å². The van der Waals surface area contributed by atoms with E-state index in [9.17, 15) is 28.3 Å². The molecule has 2 fully saturated rings. The molecule has 5 rings (SSSR count). The number of esters is 1. The minimum atomic E-state index is -3.09. The number of nitro groups is 1. The molecule has 1 amide bonds. The van der Waals surface area contributed by atoms with Crippen molar-refractivity contribution in [3.63, 3.8) is 0 Å². The molecule has 2 bridgehead atoms. The third-order valence-electron chi connectivity index (χ3n) is 7.78. The Morgan fingerprint density at radius 1 is 1.18 bits per heavy atom. The van der Waals surface area contributed by atoms with Gasteiger partial charge in [-0.1, -0.05) is 12.1 Å². The second-order valence-corrected chi connectivity index (χ2v) is 12.5. The van der Waals surface area contributed by atoms with Crippen LogP contribution >= 0.6 is 0 Å². The number of hydrogen-bond acceptors (Lipinski definition) is 8. The molecule has 0 aromatic heterocycles. The first-order valence-corrected chi connectivity index (χ1v) is 14.8. The third-order valence-corrected chi connectivity index (χ3v) is 9.48. The van der Waals surface area contributed by atoms with Crippen molar-refractivity contribution in [1.29, 1.82) is 0 Å². The van der Waals surface area contributed by atoms with Gasteiger partial charge in [-0.3, -0.25) is 19.7 Å². The van der Waals surface area contributed by atoms with Crippen LogP contribution in [0.2, 0.25) is 0 Å². The van der Waals surface area contributed by atoms with Gasteiger partial charge >= 0.3 is 5.97 Å². The highest BCUT2D eigenvalue weighted by atomic mass is 32.2. The van der Waals surface area contributed by atoms with Crippen molar-refractivity contribution in [1.82, 2.24) is 4.90 Å². The van der Waals surface area contributed by atoms with Crippen molar-refractivity contribution < 1.29 is 27.8 Å². The van der Waals surface area contributed by atoms with Crippen LogP contribution in [0.1, 0.15) is 38.2 Å². The Labute approximate surface area is 225 Å². The van der Waals surface area contributed by atoms with Crippen LogP contribution in [0.25, 0.3) is 0 Å². The largest absolute Gasteiger partial charge is 0.466 e. The van der Waals surface area contributed by atoms with E-state index in [2.05, 4.69) is 9.36 Å². The van der Waals surface area contributed by atoms with Gasteiger partial charge in [-0.05, 0) is 61.8 Å². The van der Waals surface area contributed by atoms with E-state index in [1.54, 1.807) is 24.0 Å². The van der Waals surface area contributed by atoms with Crippen molar-refractivity contribution in [3.05, 3.63) is 64.0 Å². The molecule has 1 heterocycles. The molecule has 10 nitrogen and oxygen atoms in total. The van der Waals surface area contributed by atoms with E-state index in [0.717, 1.165) is 19.3 Å². The first-order chi connectivity index (χ1) is 18.6. The summed E-state index contributed by atoms with van der Waals surface area (Å²) in [5, 5.41) is 11.2. The highest BCUT2D eigenvalue weighted by Crippen LogP contribution is 2.51. The van der Waals surface area contributed by atoms with E-state index >= 15 is 0 Å². The fourth-order valence-corrected chi connectivity index (χ4v) is 7.60. The van der Waals surface area contributed by atoms with Crippen LogP contribution in [0.3, 0.4) is 0 Å². The zero-order valence-electron chi connectivity index (χ0n) is 21.6. The normalized spacial score (nSPS) is 26.8. The summed E-state index contributed by atoms with van der Waals surface area (Å²) in [7, 11) is -3.09. The van der Waals surface area contributed by atoms with Gasteiger partial charge in [0.25, 0.3) is 5.69 Å². The molecule has 1 unspecified atom stereocenters. The summed E-state index contributed by atoms with van der Waals surface area (Å²) in [6.45, 7) is 2.14. The second-order valence-electron chi connectivity index (χ2n) is 10.3. The Bertz CT molecular complexity index is 1480. The van der Waals surface area contributed by atoms with E-state index in [4.69, 9.17) is 4.74 Å². The lowest BCUT2D eigenvalue weighted by Gasteiger charge is -2.39. The number of nitrogens with zero attached hydrogens (tertiary/aromatic N) is 4. The van der Waals surface area contributed by atoms with Crippen LogP contribution < -0.4 is 0 Å². The van der Waals surface area contributed by atoms with Gasteiger partial charge in [0.15, 0.2) is 0 Å². The fourth-order valence-electron chi connectivity index (χ4n) is 6.16. The van der Waals surface area contributed by atoms with Gasteiger partial charge in [-0.25, -0.2) is 13.6 Å². The van der Waals surface area contributed by atoms with Gasteiger partial charge in [0.05, 0.1) is 44.2 Å². The molecule has 39 heavy (non-hydrogen) atoms. The summed E-state index contributed by atoms with van der Waals surface area (Å²) in [6.07, 6.45) is 3.69. The van der Waals surface area contributed by atoms with Crippen molar-refractivity contribution in [2.75, 3.05) is 12.9 Å². The van der Waals surface area contributed by atoms with Crippen molar-refractivity contribution >= 4 is 38.8 Å². The number of carbonyl (C=O) groups is 2. The number of amides is 1. The number of benzene rings is 2. The van der Waals surface area contributed by atoms with E-state index in [-0.39, 0.29) is 65.4 Å². The maximum Gasteiger partial charge on any atom is 0.311 e. The lowest BCUT2D eigenvalue weighted by Crippen LogP contribution is -2.50. The molecule has 2 saturated carbocycles. The summed E-state index contributed by atoms with van der Waals surface area (Å²) < 4.78 is 36.6. The maximum atomic E-state index is 13.9. The zero-order chi connectivity index (χ0) is 27.9. The highest BCUT2D eigenvalue weighted by Gasteiger charge is 2.54. The summed E-state index contributed by atoms with van der Waals surface area (Å²) in [6, 6.07) is 9.32. The molecule has 0 spiro atoms. The standard InChI is InChI=1S/C27H29FN4O6S/c1-3-38-27(34)25-17-6-7-18(12-17)26(25)31(15-16-4-8-19(28)9-5-16)24(33)14-23-29-21-11-10-20(32(35)36)13-22(21)39(2,37)30-23/h4-5,8-11,13,17-18,25-26H,3,6-7,12,14-15H2,1-2H3/t17-,18+,25-,26+,39?/m1/s1. The van der Waals surface area contributed by atoms with E-state index in [0.29, 0.717) is 5.56 Å². The van der Waals surface area contributed by atoms with Crippen LogP contribution in [-0.2, 0) is 30.6 Å². The van der Waals surface area contributed by atoms with Gasteiger partial charge < -0.3 is 9.64 Å². The number of rotatable bonds is 8. The molecular weight excluding hydrogens is 527 g/mol. The molecule has 2 aliphatic carbocycles. The number of nitro benzene ring substituents is 1. The van der Waals surface area contributed by atoms with Crippen molar-refractivity contribution in [2.45, 2.75) is 50.1 Å².